The first kappa shape index (κ1) is 23.6. The Morgan fingerprint density at radius 2 is 1.88 bits per heavy atom. The first-order valence-electron chi connectivity index (χ1n) is 11.9. The molecule has 8 nitrogen and oxygen atoms in total. The normalized spacial score (nSPS) is 32.3. The lowest BCUT2D eigenvalue weighted by Crippen LogP contribution is -2.63. The van der Waals surface area contributed by atoms with Crippen molar-refractivity contribution in [3.63, 3.8) is 0 Å². The van der Waals surface area contributed by atoms with Gasteiger partial charge in [-0.3, -0.25) is 9.59 Å². The Hall–Kier alpha value is -1.58. The number of hydrogen-bond donors (Lipinski definition) is 2. The molecule has 4 aliphatic rings. The highest BCUT2D eigenvalue weighted by atomic mass is 32.2. The maximum Gasteiger partial charge on any atom is 0.353 e. The van der Waals surface area contributed by atoms with Gasteiger partial charge < -0.3 is 24.9 Å². The number of aliphatic hydroxyl groups excluding tert-OH is 1. The van der Waals surface area contributed by atoms with Crippen molar-refractivity contribution in [3.8, 4) is 0 Å². The summed E-state index contributed by atoms with van der Waals surface area (Å²) in [7, 11) is 0. The zero-order valence-electron chi connectivity index (χ0n) is 19.2. The number of nitrogens with zero attached hydrogens (tertiary/aromatic N) is 3. The number of amides is 2. The Balaban J connectivity index is 1.34. The van der Waals surface area contributed by atoms with Gasteiger partial charge in [0.15, 0.2) is 0 Å². The molecule has 5 atom stereocenters. The maximum absolute atomic E-state index is 12.5. The third-order valence-electron chi connectivity index (χ3n) is 7.62. The van der Waals surface area contributed by atoms with E-state index < -0.39 is 18.0 Å². The fourth-order valence-corrected chi connectivity index (χ4v) is 7.39. The molecule has 3 fully saturated rings. The molecular formula is C23H35N3O5S. The number of hydrogen-bond acceptors (Lipinski definition) is 6. The molecule has 9 heteroatoms. The molecule has 2 amide bonds. The van der Waals surface area contributed by atoms with Gasteiger partial charge in [-0.05, 0) is 38.6 Å². The molecule has 4 heterocycles. The zero-order valence-corrected chi connectivity index (χ0v) is 20.0. The van der Waals surface area contributed by atoms with E-state index in [2.05, 4.69) is 4.90 Å². The first-order chi connectivity index (χ1) is 15.2. The number of β-lactam (4-membered cyclic amide) rings is 1. The van der Waals surface area contributed by atoms with Crippen molar-refractivity contribution in [2.45, 2.75) is 63.9 Å². The number of rotatable bonds is 7. The van der Waals surface area contributed by atoms with E-state index >= 15 is 0 Å². The van der Waals surface area contributed by atoms with E-state index in [1.165, 1.54) is 4.90 Å². The maximum atomic E-state index is 12.5. The van der Waals surface area contributed by atoms with Crippen LogP contribution >= 0.6 is 11.8 Å². The minimum atomic E-state index is -1.05. The van der Waals surface area contributed by atoms with Crippen LogP contribution in [0.2, 0.25) is 0 Å². The van der Waals surface area contributed by atoms with Crippen molar-refractivity contribution < 1.29 is 24.6 Å². The van der Waals surface area contributed by atoms with E-state index in [1.54, 1.807) is 18.7 Å². The molecule has 0 radical (unpaired) electrons. The number of piperidine rings is 1. The van der Waals surface area contributed by atoms with Crippen molar-refractivity contribution in [2.24, 2.45) is 17.8 Å². The Kier molecular flexibility index (Phi) is 6.89. The largest absolute Gasteiger partial charge is 0.477 e. The molecule has 0 spiro atoms. The van der Waals surface area contributed by atoms with Crippen LogP contribution in [0.15, 0.2) is 10.6 Å². The molecule has 0 saturated carbocycles. The highest BCUT2D eigenvalue weighted by molar-refractivity contribution is 8.03. The molecule has 32 heavy (non-hydrogen) atoms. The summed E-state index contributed by atoms with van der Waals surface area (Å²) in [5, 5.41) is 20.1. The van der Waals surface area contributed by atoms with Gasteiger partial charge in [-0.15, -0.1) is 11.8 Å². The van der Waals surface area contributed by atoms with Crippen LogP contribution in [0.1, 0.15) is 46.5 Å². The van der Waals surface area contributed by atoms with E-state index in [0.717, 1.165) is 56.9 Å². The average molecular weight is 466 g/mol. The molecule has 0 unspecified atom stereocenters. The second-order valence-electron chi connectivity index (χ2n) is 9.74. The quantitative estimate of drug-likeness (QED) is 0.551. The van der Waals surface area contributed by atoms with Crippen molar-refractivity contribution in [2.75, 3.05) is 32.7 Å². The van der Waals surface area contributed by atoms with E-state index in [4.69, 9.17) is 0 Å². The van der Waals surface area contributed by atoms with Crippen molar-refractivity contribution in [1.29, 1.82) is 0 Å². The Morgan fingerprint density at radius 3 is 2.47 bits per heavy atom. The Morgan fingerprint density at radius 1 is 1.19 bits per heavy atom. The number of carbonyl (C=O) groups is 3. The van der Waals surface area contributed by atoms with Crippen LogP contribution in [0, 0.1) is 17.8 Å². The van der Waals surface area contributed by atoms with Gasteiger partial charge in [-0.2, -0.15) is 0 Å². The molecule has 0 aromatic heterocycles. The summed E-state index contributed by atoms with van der Waals surface area (Å²) in [4.78, 5) is 43.0. The lowest BCUT2D eigenvalue weighted by Gasteiger charge is -2.46. The number of carbonyl (C=O) groups excluding carboxylic acids is 2. The van der Waals surface area contributed by atoms with E-state index in [0.29, 0.717) is 17.6 Å². The second-order valence-corrected chi connectivity index (χ2v) is 11.1. The number of aliphatic hydroxyl groups is 1. The van der Waals surface area contributed by atoms with Crippen LogP contribution in [-0.4, -0.2) is 92.8 Å². The van der Waals surface area contributed by atoms with Crippen LogP contribution in [-0.2, 0) is 14.4 Å². The second kappa shape index (κ2) is 9.35. The van der Waals surface area contributed by atoms with Gasteiger partial charge in [0.05, 0.1) is 18.1 Å². The summed E-state index contributed by atoms with van der Waals surface area (Å²) < 4.78 is 0. The number of thioether (sulfide) groups is 1. The molecule has 0 aromatic carbocycles. The van der Waals surface area contributed by atoms with Gasteiger partial charge in [-0.25, -0.2) is 4.79 Å². The predicted octanol–water partition coefficient (Wildman–Crippen LogP) is 1.60. The summed E-state index contributed by atoms with van der Waals surface area (Å²) in [6, 6.07) is -0.246. The number of likely N-dealkylation sites (tertiary alicyclic amines) is 2. The summed E-state index contributed by atoms with van der Waals surface area (Å²) in [6.07, 6.45) is 2.89. The molecule has 178 valence electrons. The van der Waals surface area contributed by atoms with Crippen LogP contribution < -0.4 is 0 Å². The Bertz CT molecular complexity index is 807. The lowest BCUT2D eigenvalue weighted by molar-refractivity contribution is -0.163. The Labute approximate surface area is 194 Å². The number of fused-ring (bicyclic) bond motifs is 1. The molecule has 0 aromatic rings. The van der Waals surface area contributed by atoms with Crippen LogP contribution in [0.3, 0.4) is 0 Å². The van der Waals surface area contributed by atoms with Crippen molar-refractivity contribution in [1.82, 2.24) is 14.7 Å². The fraction of sp³-hybridized carbons (Fsp3) is 0.783. The molecule has 0 bridgehead atoms. The van der Waals surface area contributed by atoms with Crippen LogP contribution in [0.5, 0.6) is 0 Å². The van der Waals surface area contributed by atoms with Gasteiger partial charge in [-0.1, -0.05) is 13.8 Å². The minimum absolute atomic E-state index is 0.0714. The van der Waals surface area contributed by atoms with E-state index in [9.17, 15) is 24.6 Å². The average Bonchev–Trinajstić information content (AvgIpc) is 3.29. The molecule has 2 N–H and O–H groups in total. The SMILES string of the molecule is CCC(=O)N1CCC(CN2CC[C@@H](SC3=C(C(=O)O)N4C(=O)[C@H]([C@@H](C)O)[C@H]4[C@H]3C)C2)CC1. The molecular weight excluding hydrogens is 430 g/mol. The molecule has 0 aliphatic carbocycles. The summed E-state index contributed by atoms with van der Waals surface area (Å²) in [5.74, 6) is -1.06. The zero-order chi connectivity index (χ0) is 23.2. The fourth-order valence-electron chi connectivity index (χ4n) is 5.87. The topological polar surface area (TPSA) is 101 Å². The van der Waals surface area contributed by atoms with Gasteiger partial charge in [0.2, 0.25) is 11.8 Å². The van der Waals surface area contributed by atoms with E-state index in [-0.39, 0.29) is 29.5 Å². The van der Waals surface area contributed by atoms with Gasteiger partial charge in [0.25, 0.3) is 0 Å². The monoisotopic (exact) mass is 465 g/mol. The minimum Gasteiger partial charge on any atom is -0.477 e. The highest BCUT2D eigenvalue weighted by Gasteiger charge is 2.60. The van der Waals surface area contributed by atoms with Gasteiger partial charge in [0.1, 0.15) is 5.70 Å². The lowest BCUT2D eigenvalue weighted by atomic mass is 9.79. The molecule has 4 aliphatic heterocycles. The number of aliphatic carboxylic acids is 1. The predicted molar refractivity (Wildman–Crippen MR) is 122 cm³/mol. The number of carboxylic acid groups (broad SMARTS) is 1. The number of carboxylic acids is 1. The van der Waals surface area contributed by atoms with Gasteiger partial charge >= 0.3 is 5.97 Å². The van der Waals surface area contributed by atoms with Crippen molar-refractivity contribution >= 4 is 29.5 Å². The standard InChI is InChI=1S/C23H35N3O5S/c1-4-17(28)25-9-5-15(6-10-25)11-24-8-7-16(12-24)32-21-13(2)19-18(14(3)27)22(29)26(19)20(21)23(30)31/h13-16,18-19,27H,4-12H2,1-3H3,(H,30,31)/t13-,14-,16-,18-,19-/m1/s1. The van der Waals surface area contributed by atoms with Crippen molar-refractivity contribution in [3.05, 3.63) is 10.6 Å². The summed E-state index contributed by atoms with van der Waals surface area (Å²) in [6.45, 7) is 10.2. The smallest absolute Gasteiger partial charge is 0.353 e. The molecule has 3 saturated heterocycles. The molecule has 4 rings (SSSR count). The third-order valence-corrected chi connectivity index (χ3v) is 9.16. The van der Waals surface area contributed by atoms with Crippen LogP contribution in [0.25, 0.3) is 0 Å². The van der Waals surface area contributed by atoms with Crippen LogP contribution in [0.4, 0.5) is 0 Å². The summed E-state index contributed by atoms with van der Waals surface area (Å²) in [5.41, 5.74) is 0.126. The first-order valence-corrected chi connectivity index (χ1v) is 12.8. The van der Waals surface area contributed by atoms with Gasteiger partial charge in [0, 0.05) is 48.7 Å². The van der Waals surface area contributed by atoms with E-state index in [1.807, 2.05) is 18.7 Å². The third kappa shape index (κ3) is 4.19. The summed E-state index contributed by atoms with van der Waals surface area (Å²) >= 11 is 1.62. The highest BCUT2D eigenvalue weighted by Crippen LogP contribution is 2.51.